The summed E-state index contributed by atoms with van der Waals surface area (Å²) < 4.78 is 10.5. The maximum absolute atomic E-state index is 12.7. The zero-order chi connectivity index (χ0) is 20.0. The molecule has 0 aliphatic carbocycles. The molecule has 2 rings (SSSR count). The molecule has 142 valence electrons. The van der Waals surface area contributed by atoms with Crippen LogP contribution in [0.5, 0.6) is 11.5 Å². The van der Waals surface area contributed by atoms with Gasteiger partial charge in [-0.25, -0.2) is 0 Å². The van der Waals surface area contributed by atoms with Crippen LogP contribution in [-0.2, 0) is 9.59 Å². The first-order chi connectivity index (χ1) is 12.8. The Morgan fingerprint density at radius 1 is 0.926 bits per heavy atom. The molecule has 0 bridgehead atoms. The molecule has 0 spiro atoms. The van der Waals surface area contributed by atoms with E-state index >= 15 is 0 Å². The third kappa shape index (κ3) is 5.60. The number of benzene rings is 2. The van der Waals surface area contributed by atoms with Gasteiger partial charge in [-0.1, -0.05) is 12.1 Å². The van der Waals surface area contributed by atoms with Crippen LogP contribution < -0.4 is 20.1 Å². The first kappa shape index (κ1) is 20.0. The van der Waals surface area contributed by atoms with E-state index < -0.39 is 5.91 Å². The molecule has 0 saturated heterocycles. The van der Waals surface area contributed by atoms with Crippen LogP contribution in [0.15, 0.2) is 42.1 Å². The maximum atomic E-state index is 12.7. The molecule has 0 aliphatic rings. The van der Waals surface area contributed by atoms with E-state index in [4.69, 9.17) is 9.47 Å². The summed E-state index contributed by atoms with van der Waals surface area (Å²) in [5.74, 6) is 0.362. The standard InChI is InChI=1S/C21H24N2O4/c1-13-8-14(2)10-17(9-13)23-21(25)18(22-15(3)24)11-16-6-7-19(26-4)20(12-16)27-5/h6-12H,1-5H3,(H,22,24)(H,23,25)/b18-11-. The summed E-state index contributed by atoms with van der Waals surface area (Å²) in [6.07, 6.45) is 1.58. The number of nitrogens with one attached hydrogen (secondary N) is 2. The van der Waals surface area contributed by atoms with Gasteiger partial charge < -0.3 is 20.1 Å². The van der Waals surface area contributed by atoms with Gasteiger partial charge in [0.05, 0.1) is 14.2 Å². The molecule has 27 heavy (non-hydrogen) atoms. The van der Waals surface area contributed by atoms with Crippen LogP contribution in [0, 0.1) is 13.8 Å². The van der Waals surface area contributed by atoms with E-state index in [-0.39, 0.29) is 11.6 Å². The largest absolute Gasteiger partial charge is 0.493 e. The van der Waals surface area contributed by atoms with Crippen LogP contribution in [0.25, 0.3) is 6.08 Å². The molecule has 0 atom stereocenters. The summed E-state index contributed by atoms with van der Waals surface area (Å²) >= 11 is 0. The van der Waals surface area contributed by atoms with Gasteiger partial charge in [-0.2, -0.15) is 0 Å². The Morgan fingerprint density at radius 2 is 1.56 bits per heavy atom. The van der Waals surface area contributed by atoms with Crippen LogP contribution >= 0.6 is 0 Å². The van der Waals surface area contributed by atoms with Crippen LogP contribution in [0.1, 0.15) is 23.6 Å². The topological polar surface area (TPSA) is 76.7 Å². The molecule has 0 heterocycles. The number of hydrogen-bond donors (Lipinski definition) is 2. The van der Waals surface area contributed by atoms with E-state index in [9.17, 15) is 9.59 Å². The number of anilines is 1. The summed E-state index contributed by atoms with van der Waals surface area (Å²) in [5.41, 5.74) is 3.56. The van der Waals surface area contributed by atoms with Gasteiger partial charge in [-0.05, 0) is 60.9 Å². The Morgan fingerprint density at radius 3 is 2.11 bits per heavy atom. The molecule has 2 amide bonds. The summed E-state index contributed by atoms with van der Waals surface area (Å²) in [6.45, 7) is 5.26. The number of ether oxygens (including phenoxy) is 2. The van der Waals surface area contributed by atoms with Crippen molar-refractivity contribution >= 4 is 23.6 Å². The van der Waals surface area contributed by atoms with Crippen LogP contribution in [-0.4, -0.2) is 26.0 Å². The first-order valence-corrected chi connectivity index (χ1v) is 8.43. The average Bonchev–Trinajstić information content (AvgIpc) is 2.59. The molecule has 2 N–H and O–H groups in total. The van der Waals surface area contributed by atoms with Gasteiger partial charge >= 0.3 is 0 Å². The van der Waals surface area contributed by atoms with Crippen LogP contribution in [0.2, 0.25) is 0 Å². The lowest BCUT2D eigenvalue weighted by atomic mass is 10.1. The third-order valence-corrected chi connectivity index (χ3v) is 3.75. The van der Waals surface area contributed by atoms with Gasteiger partial charge in [0.2, 0.25) is 5.91 Å². The van der Waals surface area contributed by atoms with Crippen molar-refractivity contribution in [1.82, 2.24) is 5.32 Å². The fourth-order valence-corrected chi connectivity index (χ4v) is 2.70. The Bertz CT molecular complexity index is 867. The lowest BCUT2D eigenvalue weighted by Crippen LogP contribution is -2.29. The molecule has 0 aromatic heterocycles. The fourth-order valence-electron chi connectivity index (χ4n) is 2.70. The number of amides is 2. The summed E-state index contributed by atoms with van der Waals surface area (Å²) in [6, 6.07) is 11.0. The van der Waals surface area contributed by atoms with E-state index in [0.717, 1.165) is 11.1 Å². The number of rotatable bonds is 6. The molecule has 0 radical (unpaired) electrons. The van der Waals surface area contributed by atoms with Crippen molar-refractivity contribution in [3.05, 3.63) is 58.8 Å². The van der Waals surface area contributed by atoms with Crippen molar-refractivity contribution in [2.75, 3.05) is 19.5 Å². The van der Waals surface area contributed by atoms with Gasteiger partial charge in [0.1, 0.15) is 5.70 Å². The molecular weight excluding hydrogens is 344 g/mol. The number of carbonyl (C=O) groups excluding carboxylic acids is 2. The second kappa shape index (κ2) is 8.89. The Hall–Kier alpha value is -3.28. The second-order valence-electron chi connectivity index (χ2n) is 6.18. The summed E-state index contributed by atoms with van der Waals surface area (Å²) in [4.78, 5) is 24.3. The number of carbonyl (C=O) groups is 2. The van der Waals surface area contributed by atoms with E-state index in [1.54, 1.807) is 31.4 Å². The predicted octanol–water partition coefficient (Wildman–Crippen LogP) is 3.44. The van der Waals surface area contributed by atoms with Crippen molar-refractivity contribution in [2.24, 2.45) is 0 Å². The predicted molar refractivity (Wildman–Crippen MR) is 106 cm³/mol. The first-order valence-electron chi connectivity index (χ1n) is 8.43. The van der Waals surface area contributed by atoms with E-state index in [2.05, 4.69) is 10.6 Å². The number of methoxy groups -OCH3 is 2. The highest BCUT2D eigenvalue weighted by Crippen LogP contribution is 2.28. The molecular formula is C21H24N2O4. The molecule has 2 aromatic carbocycles. The van der Waals surface area contributed by atoms with Crippen LogP contribution in [0.3, 0.4) is 0 Å². The van der Waals surface area contributed by atoms with Crippen molar-refractivity contribution < 1.29 is 19.1 Å². The molecule has 6 heteroatoms. The van der Waals surface area contributed by atoms with Gasteiger partial charge in [0.25, 0.3) is 5.91 Å². The van der Waals surface area contributed by atoms with Crippen LogP contribution in [0.4, 0.5) is 5.69 Å². The summed E-state index contributed by atoms with van der Waals surface area (Å²) in [5, 5.41) is 5.40. The quantitative estimate of drug-likeness (QED) is 0.766. The molecule has 0 unspecified atom stereocenters. The Balaban J connectivity index is 2.34. The average molecular weight is 368 g/mol. The maximum Gasteiger partial charge on any atom is 0.272 e. The fraction of sp³-hybridized carbons (Fsp3) is 0.238. The highest BCUT2D eigenvalue weighted by atomic mass is 16.5. The second-order valence-corrected chi connectivity index (χ2v) is 6.18. The normalized spacial score (nSPS) is 10.9. The minimum absolute atomic E-state index is 0.133. The van der Waals surface area contributed by atoms with Gasteiger partial charge in [-0.15, -0.1) is 0 Å². The molecule has 0 fully saturated rings. The molecule has 0 saturated carbocycles. The SMILES string of the molecule is COc1ccc(/C=C(\NC(C)=O)C(=O)Nc2cc(C)cc(C)c2)cc1OC. The van der Waals surface area contributed by atoms with Crippen molar-refractivity contribution in [2.45, 2.75) is 20.8 Å². The Labute approximate surface area is 159 Å². The van der Waals surface area contributed by atoms with E-state index in [1.165, 1.54) is 14.0 Å². The minimum atomic E-state index is -0.412. The zero-order valence-corrected chi connectivity index (χ0v) is 16.2. The van der Waals surface area contributed by atoms with Crippen molar-refractivity contribution in [3.63, 3.8) is 0 Å². The van der Waals surface area contributed by atoms with Gasteiger partial charge in [0, 0.05) is 12.6 Å². The lowest BCUT2D eigenvalue weighted by molar-refractivity contribution is -0.120. The summed E-state index contributed by atoms with van der Waals surface area (Å²) in [7, 11) is 3.08. The highest BCUT2D eigenvalue weighted by Gasteiger charge is 2.13. The van der Waals surface area contributed by atoms with Crippen molar-refractivity contribution in [3.8, 4) is 11.5 Å². The molecule has 6 nitrogen and oxygen atoms in total. The zero-order valence-electron chi connectivity index (χ0n) is 16.2. The van der Waals surface area contributed by atoms with E-state index in [0.29, 0.717) is 22.7 Å². The molecule has 0 aliphatic heterocycles. The third-order valence-electron chi connectivity index (χ3n) is 3.75. The van der Waals surface area contributed by atoms with Crippen molar-refractivity contribution in [1.29, 1.82) is 0 Å². The minimum Gasteiger partial charge on any atom is -0.493 e. The molecule has 2 aromatic rings. The van der Waals surface area contributed by atoms with Gasteiger partial charge in [-0.3, -0.25) is 9.59 Å². The smallest absolute Gasteiger partial charge is 0.272 e. The lowest BCUT2D eigenvalue weighted by Gasteiger charge is -2.12. The van der Waals surface area contributed by atoms with E-state index in [1.807, 2.05) is 32.0 Å². The Kier molecular flexibility index (Phi) is 6.60. The monoisotopic (exact) mass is 368 g/mol. The van der Waals surface area contributed by atoms with Gasteiger partial charge in [0.15, 0.2) is 11.5 Å². The number of aryl methyl sites for hydroxylation is 2. The number of hydrogen-bond acceptors (Lipinski definition) is 4. The highest BCUT2D eigenvalue weighted by molar-refractivity contribution is 6.08.